The summed E-state index contributed by atoms with van der Waals surface area (Å²) >= 11 is 0. The lowest BCUT2D eigenvalue weighted by Gasteiger charge is -2.36. The van der Waals surface area contributed by atoms with E-state index in [1.807, 2.05) is 6.08 Å². The van der Waals surface area contributed by atoms with Gasteiger partial charge in [-0.3, -0.25) is 0 Å². The normalized spacial score (nSPS) is 26.4. The number of likely N-dealkylation sites (N-methyl/N-ethyl adjacent to an activating group) is 1. The van der Waals surface area contributed by atoms with Crippen molar-refractivity contribution in [1.82, 2.24) is 0 Å². The second-order valence-corrected chi connectivity index (χ2v) is 5.99. The summed E-state index contributed by atoms with van der Waals surface area (Å²) in [5.41, 5.74) is 0. The lowest BCUT2D eigenvalue weighted by molar-refractivity contribution is -0.900. The van der Waals surface area contributed by atoms with Crippen molar-refractivity contribution in [2.24, 2.45) is 0 Å². The molecule has 0 aliphatic carbocycles. The Balaban J connectivity index is 2.61. The average molecular weight is 190 g/mol. The molecule has 0 aromatic carbocycles. The van der Waals surface area contributed by atoms with Gasteiger partial charge in [0.1, 0.15) is 0 Å². The molecule has 0 radical (unpaired) electrons. The molecule has 1 aliphatic rings. The van der Waals surface area contributed by atoms with E-state index in [0.717, 1.165) is 24.1 Å². The second-order valence-electron chi connectivity index (χ2n) is 3.69. The van der Waals surface area contributed by atoms with Crippen LogP contribution in [0.25, 0.3) is 0 Å². The van der Waals surface area contributed by atoms with Crippen LogP contribution in [0.5, 0.6) is 0 Å². The molecule has 0 aromatic heterocycles. The predicted molar refractivity (Wildman–Crippen MR) is 49.6 cm³/mol. The van der Waals surface area contributed by atoms with E-state index in [0.29, 0.717) is 11.5 Å². The topological polar surface area (TPSA) is 34.1 Å². The maximum atomic E-state index is 11.1. The maximum Gasteiger partial charge on any atom is 0.161 e. The van der Waals surface area contributed by atoms with Crippen molar-refractivity contribution in [1.29, 1.82) is 0 Å². The van der Waals surface area contributed by atoms with Crippen LogP contribution in [-0.2, 0) is 9.84 Å². The zero-order chi connectivity index (χ0) is 9.24. The lowest BCUT2D eigenvalue weighted by atomic mass is 10.4. The molecule has 1 aliphatic heterocycles. The summed E-state index contributed by atoms with van der Waals surface area (Å²) in [5.74, 6) is 0.661. The van der Waals surface area contributed by atoms with Crippen LogP contribution >= 0.6 is 0 Å². The molecule has 0 aromatic rings. The minimum Gasteiger partial charge on any atom is -0.321 e. The highest BCUT2D eigenvalue weighted by Gasteiger charge is 2.30. The molecule has 1 rings (SSSR count). The summed E-state index contributed by atoms with van der Waals surface area (Å²) in [6, 6.07) is 0. The van der Waals surface area contributed by atoms with Crippen LogP contribution in [-0.4, -0.2) is 51.1 Å². The Bertz CT molecular complexity index is 255. The number of rotatable bonds is 2. The van der Waals surface area contributed by atoms with E-state index in [9.17, 15) is 8.42 Å². The molecule has 1 fully saturated rings. The Morgan fingerprint density at radius 3 is 2.33 bits per heavy atom. The Hall–Kier alpha value is -0.350. The quantitative estimate of drug-likeness (QED) is 0.455. The molecule has 0 saturated carbocycles. The van der Waals surface area contributed by atoms with Crippen LogP contribution in [0.15, 0.2) is 12.7 Å². The minimum absolute atomic E-state index is 0.331. The van der Waals surface area contributed by atoms with Gasteiger partial charge in [-0.1, -0.05) is 6.58 Å². The van der Waals surface area contributed by atoms with Gasteiger partial charge in [0, 0.05) is 0 Å². The highest BCUT2D eigenvalue weighted by molar-refractivity contribution is 7.91. The van der Waals surface area contributed by atoms with Gasteiger partial charge in [0.2, 0.25) is 0 Å². The summed E-state index contributed by atoms with van der Waals surface area (Å²) in [4.78, 5) is 0. The zero-order valence-electron chi connectivity index (χ0n) is 7.49. The molecule has 0 bridgehead atoms. The van der Waals surface area contributed by atoms with Crippen LogP contribution in [0, 0.1) is 0 Å². The summed E-state index contributed by atoms with van der Waals surface area (Å²) in [6.45, 7) is 6.00. The van der Waals surface area contributed by atoms with Crippen LogP contribution < -0.4 is 0 Å². The molecular weight excluding hydrogens is 174 g/mol. The van der Waals surface area contributed by atoms with Gasteiger partial charge >= 0.3 is 0 Å². The van der Waals surface area contributed by atoms with E-state index < -0.39 is 9.84 Å². The third-order valence-electron chi connectivity index (χ3n) is 2.45. The van der Waals surface area contributed by atoms with Crippen molar-refractivity contribution in [2.75, 3.05) is 38.2 Å². The van der Waals surface area contributed by atoms with Gasteiger partial charge in [-0.05, 0) is 6.08 Å². The highest BCUT2D eigenvalue weighted by atomic mass is 32.2. The van der Waals surface area contributed by atoms with Gasteiger partial charge in [0.05, 0.1) is 38.2 Å². The number of quaternary nitrogens is 1. The molecule has 12 heavy (non-hydrogen) atoms. The standard InChI is InChI=1S/C8H16NO2S/c1-3-4-9(2)5-7-12(10,11)8-6-9/h3H,1,4-8H2,2H3/q+1. The SMILES string of the molecule is C=CC[N+]1(C)CCS(=O)(=O)CC1. The molecule has 3 nitrogen and oxygen atoms in total. The first-order valence-corrected chi connectivity index (χ1v) is 5.94. The van der Waals surface area contributed by atoms with Gasteiger partial charge in [0.25, 0.3) is 0 Å². The number of hydrogen-bond acceptors (Lipinski definition) is 2. The first kappa shape index (κ1) is 9.74. The Morgan fingerprint density at radius 1 is 1.42 bits per heavy atom. The summed E-state index contributed by atoms with van der Waals surface area (Å²) in [6.07, 6.45) is 1.86. The first-order chi connectivity index (χ1) is 5.47. The fraction of sp³-hybridized carbons (Fsp3) is 0.750. The molecule has 0 amide bonds. The molecule has 0 spiro atoms. The van der Waals surface area contributed by atoms with Gasteiger partial charge in [-0.25, -0.2) is 8.42 Å². The smallest absolute Gasteiger partial charge is 0.161 e. The number of nitrogens with zero attached hydrogens (tertiary/aromatic N) is 1. The van der Waals surface area contributed by atoms with Gasteiger partial charge in [-0.2, -0.15) is 0 Å². The summed E-state index contributed by atoms with van der Waals surface area (Å²) in [7, 11) is -0.642. The molecule has 0 unspecified atom stereocenters. The molecule has 1 saturated heterocycles. The first-order valence-electron chi connectivity index (χ1n) is 4.12. The molecule has 1 heterocycles. The lowest BCUT2D eigenvalue weighted by Crippen LogP contribution is -2.53. The molecule has 4 heteroatoms. The van der Waals surface area contributed by atoms with E-state index in [2.05, 4.69) is 13.6 Å². The van der Waals surface area contributed by atoms with Gasteiger partial charge in [0.15, 0.2) is 9.84 Å². The highest BCUT2D eigenvalue weighted by Crippen LogP contribution is 2.11. The van der Waals surface area contributed by atoms with Crippen molar-refractivity contribution in [3.05, 3.63) is 12.7 Å². The number of sulfone groups is 1. The van der Waals surface area contributed by atoms with Crippen molar-refractivity contribution in [3.8, 4) is 0 Å². The monoisotopic (exact) mass is 190 g/mol. The van der Waals surface area contributed by atoms with Crippen molar-refractivity contribution >= 4 is 9.84 Å². The predicted octanol–water partition coefficient (Wildman–Crippen LogP) is 0.0474. The van der Waals surface area contributed by atoms with Gasteiger partial charge in [-0.15, -0.1) is 0 Å². The third-order valence-corrected chi connectivity index (χ3v) is 4.06. The average Bonchev–Trinajstić information content (AvgIpc) is 1.98. The molecule has 70 valence electrons. The van der Waals surface area contributed by atoms with Crippen molar-refractivity contribution in [2.45, 2.75) is 0 Å². The van der Waals surface area contributed by atoms with E-state index in [1.54, 1.807) is 0 Å². The van der Waals surface area contributed by atoms with E-state index in [1.165, 1.54) is 0 Å². The van der Waals surface area contributed by atoms with Crippen molar-refractivity contribution < 1.29 is 12.9 Å². The van der Waals surface area contributed by atoms with E-state index in [4.69, 9.17) is 0 Å². The second kappa shape index (κ2) is 3.18. The van der Waals surface area contributed by atoms with Crippen LogP contribution in [0.3, 0.4) is 0 Å². The van der Waals surface area contributed by atoms with E-state index in [-0.39, 0.29) is 0 Å². The summed E-state index contributed by atoms with van der Waals surface area (Å²) in [5, 5.41) is 0. The third kappa shape index (κ3) is 2.32. The Morgan fingerprint density at radius 2 is 1.92 bits per heavy atom. The van der Waals surface area contributed by atoms with Crippen molar-refractivity contribution in [3.63, 3.8) is 0 Å². The Kier molecular flexibility index (Phi) is 2.58. The van der Waals surface area contributed by atoms with Crippen LogP contribution in [0.4, 0.5) is 0 Å². The minimum atomic E-state index is -2.72. The molecule has 0 atom stereocenters. The molecular formula is C8H16NO2S+. The van der Waals surface area contributed by atoms with Crippen LogP contribution in [0.2, 0.25) is 0 Å². The van der Waals surface area contributed by atoms with E-state index >= 15 is 0 Å². The summed E-state index contributed by atoms with van der Waals surface area (Å²) < 4.78 is 23.0. The maximum absolute atomic E-state index is 11.1. The van der Waals surface area contributed by atoms with Gasteiger partial charge < -0.3 is 4.48 Å². The fourth-order valence-electron chi connectivity index (χ4n) is 1.43. The van der Waals surface area contributed by atoms with Crippen LogP contribution in [0.1, 0.15) is 0 Å². The number of hydrogen-bond donors (Lipinski definition) is 0. The molecule has 0 N–H and O–H groups in total. The largest absolute Gasteiger partial charge is 0.321 e. The zero-order valence-corrected chi connectivity index (χ0v) is 8.31. The Labute approximate surface area is 74.2 Å². The fourth-order valence-corrected chi connectivity index (χ4v) is 3.07.